The summed E-state index contributed by atoms with van der Waals surface area (Å²) in [6.45, 7) is 3.71. The van der Waals surface area contributed by atoms with Gasteiger partial charge in [0.25, 0.3) is 0 Å². The molecule has 162 valence electrons. The highest BCUT2D eigenvalue weighted by molar-refractivity contribution is 6.61. The van der Waals surface area contributed by atoms with E-state index in [1.165, 1.54) is 57.4 Å². The molecule has 0 spiro atoms. The molecule has 0 saturated carbocycles. The maximum absolute atomic E-state index is 13.5. The van der Waals surface area contributed by atoms with E-state index in [0.717, 1.165) is 36.7 Å². The van der Waals surface area contributed by atoms with Crippen LogP contribution >= 0.6 is 0 Å². The van der Waals surface area contributed by atoms with E-state index in [1.54, 1.807) is 6.07 Å². The zero-order chi connectivity index (χ0) is 21.2. The number of benzene rings is 2. The lowest BCUT2D eigenvalue weighted by atomic mass is 9.76. The minimum absolute atomic E-state index is 0.348. The Kier molecular flexibility index (Phi) is 9.35. The van der Waals surface area contributed by atoms with Crippen molar-refractivity contribution in [3.05, 3.63) is 54.1 Å². The van der Waals surface area contributed by atoms with Crippen molar-refractivity contribution in [2.45, 2.75) is 64.7 Å². The minimum Gasteiger partial charge on any atom is -0.407 e. The van der Waals surface area contributed by atoms with E-state index in [2.05, 4.69) is 6.92 Å². The molecule has 1 aliphatic heterocycles. The standard InChI is InChI=1S/C25H33BF2O2/c1-2-3-4-5-6-7-8-9-10-20-18-29-26(30-19-20)23-14-11-21(12-15-23)22-13-16-24(27)25(28)17-22/h11-17,20H,2-10,18-19H2,1H3. The van der Waals surface area contributed by atoms with Crippen LogP contribution in [0.3, 0.4) is 0 Å². The van der Waals surface area contributed by atoms with Gasteiger partial charge in [-0.15, -0.1) is 0 Å². The van der Waals surface area contributed by atoms with Gasteiger partial charge in [0.15, 0.2) is 11.6 Å². The maximum Gasteiger partial charge on any atom is 0.493 e. The molecule has 0 N–H and O–H groups in total. The second kappa shape index (κ2) is 12.2. The first-order chi connectivity index (χ1) is 14.7. The Morgan fingerprint density at radius 2 is 1.37 bits per heavy atom. The van der Waals surface area contributed by atoms with E-state index in [4.69, 9.17) is 9.31 Å². The van der Waals surface area contributed by atoms with Crippen LogP contribution in [-0.4, -0.2) is 20.3 Å². The van der Waals surface area contributed by atoms with Crippen molar-refractivity contribution in [2.75, 3.05) is 13.2 Å². The van der Waals surface area contributed by atoms with E-state index < -0.39 is 11.6 Å². The van der Waals surface area contributed by atoms with Gasteiger partial charge in [0.2, 0.25) is 0 Å². The van der Waals surface area contributed by atoms with Crippen LogP contribution in [0, 0.1) is 17.6 Å². The molecule has 0 unspecified atom stereocenters. The van der Waals surface area contributed by atoms with Gasteiger partial charge in [-0.05, 0) is 35.1 Å². The first-order valence-corrected chi connectivity index (χ1v) is 11.5. The molecule has 1 saturated heterocycles. The molecule has 2 nitrogen and oxygen atoms in total. The molecular formula is C25H33BF2O2. The summed E-state index contributed by atoms with van der Waals surface area (Å²) in [5, 5.41) is 0. The summed E-state index contributed by atoms with van der Waals surface area (Å²) < 4.78 is 38.5. The molecule has 2 aromatic rings. The van der Waals surface area contributed by atoms with Crippen molar-refractivity contribution in [1.82, 2.24) is 0 Å². The van der Waals surface area contributed by atoms with E-state index in [0.29, 0.717) is 11.5 Å². The third-order valence-corrected chi connectivity index (χ3v) is 5.87. The maximum atomic E-state index is 13.5. The lowest BCUT2D eigenvalue weighted by Crippen LogP contribution is -2.44. The summed E-state index contributed by atoms with van der Waals surface area (Å²) in [6.07, 6.45) is 11.8. The third kappa shape index (κ3) is 6.92. The molecular weight excluding hydrogens is 381 g/mol. The van der Waals surface area contributed by atoms with Gasteiger partial charge in [0.05, 0.1) is 0 Å². The highest BCUT2D eigenvalue weighted by Crippen LogP contribution is 2.22. The monoisotopic (exact) mass is 414 g/mol. The number of hydrogen-bond acceptors (Lipinski definition) is 2. The lowest BCUT2D eigenvalue weighted by molar-refractivity contribution is 0.0810. The van der Waals surface area contributed by atoms with E-state index in [1.807, 2.05) is 24.3 Å². The Morgan fingerprint density at radius 3 is 2.00 bits per heavy atom. The number of halogens is 2. The molecule has 0 amide bonds. The van der Waals surface area contributed by atoms with Gasteiger partial charge in [0, 0.05) is 19.1 Å². The van der Waals surface area contributed by atoms with Gasteiger partial charge < -0.3 is 9.31 Å². The van der Waals surface area contributed by atoms with Gasteiger partial charge in [-0.3, -0.25) is 0 Å². The fourth-order valence-electron chi connectivity index (χ4n) is 3.98. The zero-order valence-corrected chi connectivity index (χ0v) is 18.0. The summed E-state index contributed by atoms with van der Waals surface area (Å²) in [5.74, 6) is -1.19. The Labute approximate surface area is 180 Å². The zero-order valence-electron chi connectivity index (χ0n) is 18.0. The average molecular weight is 414 g/mol. The van der Waals surface area contributed by atoms with Crippen molar-refractivity contribution in [2.24, 2.45) is 5.92 Å². The van der Waals surface area contributed by atoms with Crippen LogP contribution in [-0.2, 0) is 9.31 Å². The van der Waals surface area contributed by atoms with Gasteiger partial charge in [-0.1, -0.05) is 88.6 Å². The molecule has 1 fully saturated rings. The molecule has 0 aliphatic carbocycles. The largest absolute Gasteiger partial charge is 0.493 e. The predicted molar refractivity (Wildman–Crippen MR) is 120 cm³/mol. The van der Waals surface area contributed by atoms with Crippen LogP contribution in [0.5, 0.6) is 0 Å². The number of rotatable bonds is 11. The topological polar surface area (TPSA) is 18.5 Å². The lowest BCUT2D eigenvalue weighted by Gasteiger charge is -2.27. The molecule has 5 heteroatoms. The second-order valence-electron chi connectivity index (χ2n) is 8.38. The second-order valence-corrected chi connectivity index (χ2v) is 8.38. The molecule has 2 aromatic carbocycles. The Hall–Kier alpha value is -1.72. The van der Waals surface area contributed by atoms with Crippen LogP contribution < -0.4 is 5.46 Å². The summed E-state index contributed by atoms with van der Waals surface area (Å²) in [5.41, 5.74) is 2.43. The molecule has 30 heavy (non-hydrogen) atoms. The molecule has 1 aliphatic rings. The van der Waals surface area contributed by atoms with E-state index in [9.17, 15) is 8.78 Å². The van der Waals surface area contributed by atoms with Crippen molar-refractivity contribution < 1.29 is 18.1 Å². The first kappa shape index (κ1) is 23.0. The van der Waals surface area contributed by atoms with Crippen molar-refractivity contribution in [3.63, 3.8) is 0 Å². The fraction of sp³-hybridized carbons (Fsp3) is 0.520. The summed E-state index contributed by atoms with van der Waals surface area (Å²) in [6, 6.07) is 11.6. The number of unbranched alkanes of at least 4 members (excludes halogenated alkanes) is 7. The third-order valence-electron chi connectivity index (χ3n) is 5.87. The molecule has 1 heterocycles. The molecule has 3 rings (SSSR count). The highest BCUT2D eigenvalue weighted by Gasteiger charge is 2.28. The summed E-state index contributed by atoms with van der Waals surface area (Å²) in [4.78, 5) is 0. The number of hydrogen-bond donors (Lipinski definition) is 0. The summed E-state index contributed by atoms with van der Waals surface area (Å²) >= 11 is 0. The molecule has 0 bridgehead atoms. The van der Waals surface area contributed by atoms with Crippen LogP contribution in [0.1, 0.15) is 64.7 Å². The SMILES string of the molecule is CCCCCCCCCCC1COB(c2ccc(-c3ccc(F)c(F)c3)cc2)OC1. The highest BCUT2D eigenvalue weighted by atomic mass is 19.2. The van der Waals surface area contributed by atoms with Gasteiger partial charge in [-0.2, -0.15) is 0 Å². The summed E-state index contributed by atoms with van der Waals surface area (Å²) in [7, 11) is -0.348. The van der Waals surface area contributed by atoms with Crippen LogP contribution in [0.15, 0.2) is 42.5 Å². The molecule has 0 aromatic heterocycles. The van der Waals surface area contributed by atoms with Crippen LogP contribution in [0.4, 0.5) is 8.78 Å². The van der Waals surface area contributed by atoms with Gasteiger partial charge in [-0.25, -0.2) is 8.78 Å². The van der Waals surface area contributed by atoms with Crippen molar-refractivity contribution >= 4 is 12.6 Å². The Bertz CT molecular complexity index is 758. The van der Waals surface area contributed by atoms with E-state index in [-0.39, 0.29) is 7.12 Å². The normalized spacial score (nSPS) is 15.0. The molecule has 0 atom stereocenters. The smallest absolute Gasteiger partial charge is 0.407 e. The Morgan fingerprint density at radius 1 is 0.767 bits per heavy atom. The predicted octanol–water partition coefficient (Wildman–Crippen LogP) is 6.52. The van der Waals surface area contributed by atoms with Crippen molar-refractivity contribution in [1.29, 1.82) is 0 Å². The van der Waals surface area contributed by atoms with Gasteiger partial charge >= 0.3 is 7.12 Å². The van der Waals surface area contributed by atoms with Crippen LogP contribution in [0.25, 0.3) is 11.1 Å². The van der Waals surface area contributed by atoms with Crippen LogP contribution in [0.2, 0.25) is 0 Å². The van der Waals surface area contributed by atoms with Crippen molar-refractivity contribution in [3.8, 4) is 11.1 Å². The fourth-order valence-corrected chi connectivity index (χ4v) is 3.98. The average Bonchev–Trinajstić information content (AvgIpc) is 2.78. The quantitative estimate of drug-likeness (QED) is 0.308. The molecule has 0 radical (unpaired) electrons. The Balaban J connectivity index is 1.37. The van der Waals surface area contributed by atoms with Gasteiger partial charge in [0.1, 0.15) is 0 Å². The van der Waals surface area contributed by atoms with E-state index >= 15 is 0 Å². The first-order valence-electron chi connectivity index (χ1n) is 11.5. The minimum atomic E-state index is -0.835.